The molecule has 0 spiro atoms. The summed E-state index contributed by atoms with van der Waals surface area (Å²) in [6, 6.07) is 7.31. The molecule has 1 unspecified atom stereocenters. The molecule has 1 aromatic carbocycles. The molecule has 1 rings (SSSR count). The summed E-state index contributed by atoms with van der Waals surface area (Å²) in [5.74, 6) is 0.776. The number of methoxy groups -OCH3 is 1. The van der Waals surface area contributed by atoms with E-state index in [-0.39, 0.29) is 5.91 Å². The first-order valence-electron chi connectivity index (χ1n) is 5.70. The van der Waals surface area contributed by atoms with E-state index >= 15 is 0 Å². The molecule has 0 heterocycles. The number of amides is 1. The molecular formula is C13H19NO3. The van der Waals surface area contributed by atoms with Gasteiger partial charge in [0.05, 0.1) is 13.2 Å². The van der Waals surface area contributed by atoms with E-state index < -0.39 is 6.10 Å². The van der Waals surface area contributed by atoms with Crippen LogP contribution in [0.25, 0.3) is 0 Å². The maximum atomic E-state index is 11.0. The van der Waals surface area contributed by atoms with Gasteiger partial charge in [0.1, 0.15) is 5.75 Å². The van der Waals surface area contributed by atoms with Crippen molar-refractivity contribution in [1.29, 1.82) is 0 Å². The molecule has 2 N–H and O–H groups in total. The zero-order chi connectivity index (χ0) is 12.7. The highest BCUT2D eigenvalue weighted by Crippen LogP contribution is 2.21. The molecule has 0 aliphatic heterocycles. The molecule has 0 fully saturated rings. The zero-order valence-corrected chi connectivity index (χ0v) is 10.3. The fourth-order valence-corrected chi connectivity index (χ4v) is 1.57. The van der Waals surface area contributed by atoms with Crippen molar-refractivity contribution in [1.82, 2.24) is 5.32 Å². The molecule has 4 heteroatoms. The number of nitrogens with one attached hydrogen (secondary N) is 1. The molecule has 1 amide bonds. The van der Waals surface area contributed by atoms with Crippen molar-refractivity contribution < 1.29 is 14.6 Å². The van der Waals surface area contributed by atoms with Gasteiger partial charge < -0.3 is 15.2 Å². The van der Waals surface area contributed by atoms with E-state index in [9.17, 15) is 9.90 Å². The number of hydrogen-bond donors (Lipinski definition) is 2. The van der Waals surface area contributed by atoms with E-state index in [1.54, 1.807) is 14.2 Å². The van der Waals surface area contributed by atoms with Gasteiger partial charge in [-0.3, -0.25) is 4.79 Å². The summed E-state index contributed by atoms with van der Waals surface area (Å²) in [6.45, 7) is 0. The first-order valence-corrected chi connectivity index (χ1v) is 5.70. The molecule has 0 aliphatic carbocycles. The Bertz CT molecular complexity index is 348. The largest absolute Gasteiger partial charge is 0.497 e. The van der Waals surface area contributed by atoms with Crippen LogP contribution in [0.5, 0.6) is 5.75 Å². The van der Waals surface area contributed by atoms with E-state index in [2.05, 4.69) is 5.32 Å². The number of aliphatic hydroxyl groups is 1. The minimum Gasteiger partial charge on any atom is -0.497 e. The average molecular weight is 237 g/mol. The summed E-state index contributed by atoms with van der Waals surface area (Å²) in [6.07, 6.45) is 1.18. The van der Waals surface area contributed by atoms with Crippen molar-refractivity contribution in [2.24, 2.45) is 0 Å². The zero-order valence-electron chi connectivity index (χ0n) is 10.3. The number of carbonyl (C=O) groups excluding carboxylic acids is 1. The third-order valence-electron chi connectivity index (χ3n) is 2.66. The van der Waals surface area contributed by atoms with Crippen LogP contribution in [0, 0.1) is 0 Å². The Hall–Kier alpha value is -1.55. The third kappa shape index (κ3) is 4.44. The summed E-state index contributed by atoms with van der Waals surface area (Å²) < 4.78 is 5.04. The Morgan fingerprint density at radius 1 is 1.41 bits per heavy atom. The maximum Gasteiger partial charge on any atom is 0.219 e. The van der Waals surface area contributed by atoms with E-state index in [1.807, 2.05) is 24.3 Å². The molecule has 1 atom stereocenters. The van der Waals surface area contributed by atoms with Gasteiger partial charge in [0.2, 0.25) is 5.91 Å². The highest BCUT2D eigenvalue weighted by molar-refractivity contribution is 5.75. The van der Waals surface area contributed by atoms with Crippen molar-refractivity contribution in [3.63, 3.8) is 0 Å². The van der Waals surface area contributed by atoms with Crippen molar-refractivity contribution in [3.05, 3.63) is 29.8 Å². The molecule has 4 nitrogen and oxygen atoms in total. The molecule has 0 saturated heterocycles. The molecule has 94 valence electrons. The molecule has 17 heavy (non-hydrogen) atoms. The Balaban J connectivity index is 2.40. The Morgan fingerprint density at radius 3 is 2.59 bits per heavy atom. The van der Waals surface area contributed by atoms with Crippen molar-refractivity contribution in [2.75, 3.05) is 14.2 Å². The average Bonchev–Trinajstić information content (AvgIpc) is 2.38. The fraction of sp³-hybridized carbons (Fsp3) is 0.462. The summed E-state index contributed by atoms with van der Waals surface area (Å²) in [7, 11) is 3.22. The van der Waals surface area contributed by atoms with Crippen LogP contribution in [0.15, 0.2) is 24.3 Å². The van der Waals surface area contributed by atoms with Crippen LogP contribution in [-0.4, -0.2) is 25.2 Å². The lowest BCUT2D eigenvalue weighted by Gasteiger charge is -2.11. The molecule has 0 aromatic heterocycles. The fourth-order valence-electron chi connectivity index (χ4n) is 1.57. The summed E-state index contributed by atoms with van der Waals surface area (Å²) in [5, 5.41) is 12.5. The van der Waals surface area contributed by atoms with Gasteiger partial charge in [0, 0.05) is 13.5 Å². The minimum absolute atomic E-state index is 0.00642. The normalized spacial score (nSPS) is 11.9. The van der Waals surface area contributed by atoms with Gasteiger partial charge in [0.15, 0.2) is 0 Å². The predicted octanol–water partition coefficient (Wildman–Crippen LogP) is 1.64. The van der Waals surface area contributed by atoms with E-state index in [0.717, 1.165) is 11.3 Å². The number of benzene rings is 1. The maximum absolute atomic E-state index is 11.0. The van der Waals surface area contributed by atoms with Crippen LogP contribution in [0.1, 0.15) is 30.9 Å². The highest BCUT2D eigenvalue weighted by atomic mass is 16.5. The third-order valence-corrected chi connectivity index (χ3v) is 2.66. The lowest BCUT2D eigenvalue weighted by Crippen LogP contribution is -2.17. The van der Waals surface area contributed by atoms with Gasteiger partial charge >= 0.3 is 0 Å². The molecule has 0 radical (unpaired) electrons. The van der Waals surface area contributed by atoms with Gasteiger partial charge in [-0.2, -0.15) is 0 Å². The van der Waals surface area contributed by atoms with Gasteiger partial charge in [-0.15, -0.1) is 0 Å². The number of carbonyl (C=O) groups is 1. The van der Waals surface area contributed by atoms with Crippen LogP contribution in [0.3, 0.4) is 0 Å². The standard InChI is InChI=1S/C13H19NO3/c1-14-13(16)5-3-4-12(15)10-6-8-11(17-2)9-7-10/h6-9,12,15H,3-5H2,1-2H3,(H,14,16). The number of hydrogen-bond acceptors (Lipinski definition) is 3. The lowest BCUT2D eigenvalue weighted by molar-refractivity contribution is -0.120. The molecule has 0 bridgehead atoms. The SMILES string of the molecule is CNC(=O)CCCC(O)c1ccc(OC)cc1. The summed E-state index contributed by atoms with van der Waals surface area (Å²) >= 11 is 0. The Morgan fingerprint density at radius 2 is 2.06 bits per heavy atom. The van der Waals surface area contributed by atoms with Crippen LogP contribution < -0.4 is 10.1 Å². The van der Waals surface area contributed by atoms with Crippen LogP contribution in [0.2, 0.25) is 0 Å². The monoisotopic (exact) mass is 237 g/mol. The van der Waals surface area contributed by atoms with Crippen LogP contribution >= 0.6 is 0 Å². The van der Waals surface area contributed by atoms with Gasteiger partial charge in [-0.1, -0.05) is 12.1 Å². The second-order valence-corrected chi connectivity index (χ2v) is 3.85. The van der Waals surface area contributed by atoms with Crippen LogP contribution in [0.4, 0.5) is 0 Å². The van der Waals surface area contributed by atoms with E-state index in [1.165, 1.54) is 0 Å². The van der Waals surface area contributed by atoms with Crippen molar-refractivity contribution >= 4 is 5.91 Å². The quantitative estimate of drug-likeness (QED) is 0.791. The first kappa shape index (κ1) is 13.5. The molecule has 0 aliphatic rings. The summed E-state index contributed by atoms with van der Waals surface area (Å²) in [5.41, 5.74) is 0.850. The summed E-state index contributed by atoms with van der Waals surface area (Å²) in [4.78, 5) is 11.0. The number of rotatable bonds is 6. The van der Waals surface area contributed by atoms with E-state index in [4.69, 9.17) is 4.74 Å². The van der Waals surface area contributed by atoms with Crippen molar-refractivity contribution in [2.45, 2.75) is 25.4 Å². The first-order chi connectivity index (χ1) is 8.17. The number of ether oxygens (including phenoxy) is 1. The van der Waals surface area contributed by atoms with Gasteiger partial charge in [0.25, 0.3) is 0 Å². The molecule has 0 saturated carbocycles. The highest BCUT2D eigenvalue weighted by Gasteiger charge is 2.08. The lowest BCUT2D eigenvalue weighted by atomic mass is 10.0. The van der Waals surface area contributed by atoms with Gasteiger partial charge in [-0.05, 0) is 30.5 Å². The second-order valence-electron chi connectivity index (χ2n) is 3.85. The number of aliphatic hydroxyl groups excluding tert-OH is 1. The molecular weight excluding hydrogens is 218 g/mol. The van der Waals surface area contributed by atoms with Gasteiger partial charge in [-0.25, -0.2) is 0 Å². The predicted molar refractivity (Wildman–Crippen MR) is 65.9 cm³/mol. The van der Waals surface area contributed by atoms with Crippen LogP contribution in [-0.2, 0) is 4.79 Å². The minimum atomic E-state index is -0.523. The Labute approximate surface area is 102 Å². The second kappa shape index (κ2) is 6.91. The Kier molecular flexibility index (Phi) is 5.49. The smallest absolute Gasteiger partial charge is 0.219 e. The van der Waals surface area contributed by atoms with E-state index in [0.29, 0.717) is 19.3 Å². The van der Waals surface area contributed by atoms with Crippen molar-refractivity contribution in [3.8, 4) is 5.75 Å². The molecule has 1 aromatic rings. The topological polar surface area (TPSA) is 58.6 Å².